The molecule has 1 aromatic heterocycles. The monoisotopic (exact) mass is 494 g/mol. The van der Waals surface area contributed by atoms with Crippen molar-refractivity contribution >= 4 is 23.4 Å². The highest BCUT2D eigenvalue weighted by Crippen LogP contribution is 2.34. The molecule has 2 heterocycles. The summed E-state index contributed by atoms with van der Waals surface area (Å²) in [7, 11) is -0.838. The van der Waals surface area contributed by atoms with Gasteiger partial charge in [0.2, 0.25) is 5.69 Å². The maximum atomic E-state index is 8.49. The number of aryl methyl sites for hydroxylation is 1. The number of benzene rings is 2. The minimum atomic E-state index is -4.94. The molecule has 0 aliphatic carbocycles. The number of halogens is 1. The predicted molar refractivity (Wildman–Crippen MR) is 125 cm³/mol. The number of aromatic nitrogens is 1. The molecule has 0 amide bonds. The maximum absolute atomic E-state index is 8.49. The summed E-state index contributed by atoms with van der Waals surface area (Å²) < 4.78 is 42.4. The van der Waals surface area contributed by atoms with Crippen molar-refractivity contribution in [2.75, 3.05) is 19.0 Å². The standard InChI is InChI=1S/C27H27N2O.ClHO4/c1-4-29-18-8-7-9-24(29)20-25-19-22(26-10-5-6-11-27(26)30-25)15-12-21-13-16-23(17-14-21)28(2)3;2-1(3,4)5/h5-20H,4H2,1-3H3;(H,2,3,4,5)/q+1;/p-1. The summed E-state index contributed by atoms with van der Waals surface area (Å²) in [5, 5.41) is 0. The Labute approximate surface area is 207 Å². The van der Waals surface area contributed by atoms with E-state index in [1.54, 1.807) is 0 Å². The van der Waals surface area contributed by atoms with Gasteiger partial charge in [-0.2, -0.15) is 4.57 Å². The predicted octanol–water partition coefficient (Wildman–Crippen LogP) is 0.834. The second-order valence-corrected chi connectivity index (χ2v) is 8.61. The van der Waals surface area contributed by atoms with Crippen LogP contribution in [0.2, 0.25) is 0 Å². The average molecular weight is 495 g/mol. The summed E-state index contributed by atoms with van der Waals surface area (Å²) in [5.41, 5.74) is 5.72. The Balaban J connectivity index is 0.000000623. The highest BCUT2D eigenvalue weighted by molar-refractivity contribution is 5.85. The average Bonchev–Trinajstić information content (AvgIpc) is 2.82. The summed E-state index contributed by atoms with van der Waals surface area (Å²) in [4.78, 5) is 2.11. The molecule has 1 aliphatic rings. The molecule has 2 aromatic carbocycles. The smallest absolute Gasteiger partial charge is 0.208 e. The van der Waals surface area contributed by atoms with Gasteiger partial charge in [-0.1, -0.05) is 42.5 Å². The van der Waals surface area contributed by atoms with E-state index in [9.17, 15) is 0 Å². The number of hydrogen-bond acceptors (Lipinski definition) is 6. The highest BCUT2D eigenvalue weighted by atomic mass is 35.7. The highest BCUT2D eigenvalue weighted by Gasteiger charge is 2.16. The van der Waals surface area contributed by atoms with Crippen LogP contribution in [0.15, 0.2) is 90.8 Å². The molecule has 35 heavy (non-hydrogen) atoms. The molecule has 8 heteroatoms. The van der Waals surface area contributed by atoms with E-state index >= 15 is 0 Å². The summed E-state index contributed by atoms with van der Waals surface area (Å²) in [6.07, 6.45) is 10.6. The van der Waals surface area contributed by atoms with Gasteiger partial charge < -0.3 is 9.64 Å². The van der Waals surface area contributed by atoms with Crippen LogP contribution in [0.4, 0.5) is 5.69 Å². The minimum absolute atomic E-state index is 0.838. The van der Waals surface area contributed by atoms with Gasteiger partial charge in [-0.05, 0) is 48.4 Å². The van der Waals surface area contributed by atoms with Crippen LogP contribution in [-0.2, 0) is 6.54 Å². The van der Waals surface area contributed by atoms with Crippen LogP contribution in [0.5, 0.6) is 5.75 Å². The van der Waals surface area contributed by atoms with Crippen LogP contribution in [0.1, 0.15) is 23.7 Å². The van der Waals surface area contributed by atoms with Gasteiger partial charge in [0.15, 0.2) is 6.20 Å². The van der Waals surface area contributed by atoms with Gasteiger partial charge in [-0.25, -0.2) is 18.6 Å². The second kappa shape index (κ2) is 11.8. The Morgan fingerprint density at radius 3 is 2.20 bits per heavy atom. The third kappa shape index (κ3) is 8.06. The summed E-state index contributed by atoms with van der Waals surface area (Å²) in [6, 6.07) is 22.9. The van der Waals surface area contributed by atoms with Crippen LogP contribution in [0.25, 0.3) is 17.7 Å². The van der Waals surface area contributed by atoms with E-state index in [4.69, 9.17) is 23.4 Å². The van der Waals surface area contributed by atoms with Crippen molar-refractivity contribution in [3.05, 3.63) is 108 Å². The molecule has 0 unspecified atom stereocenters. The Kier molecular flexibility index (Phi) is 8.81. The first-order valence-electron chi connectivity index (χ1n) is 10.9. The third-order valence-electron chi connectivity index (χ3n) is 5.20. The van der Waals surface area contributed by atoms with Gasteiger partial charge >= 0.3 is 0 Å². The Bertz CT molecular complexity index is 1220. The van der Waals surface area contributed by atoms with E-state index in [2.05, 4.69) is 103 Å². The molecule has 0 atom stereocenters. The van der Waals surface area contributed by atoms with Gasteiger partial charge in [-0.15, -0.1) is 10.2 Å². The lowest BCUT2D eigenvalue weighted by atomic mass is 10.00. The van der Waals surface area contributed by atoms with Crippen molar-refractivity contribution in [2.45, 2.75) is 13.5 Å². The summed E-state index contributed by atoms with van der Waals surface area (Å²) in [6.45, 7) is 3.06. The van der Waals surface area contributed by atoms with E-state index in [-0.39, 0.29) is 0 Å². The molecule has 0 saturated heterocycles. The van der Waals surface area contributed by atoms with Gasteiger partial charge in [-0.3, -0.25) is 0 Å². The van der Waals surface area contributed by atoms with Crippen molar-refractivity contribution in [1.29, 1.82) is 0 Å². The van der Waals surface area contributed by atoms with Gasteiger partial charge in [0.1, 0.15) is 18.1 Å². The fourth-order valence-electron chi connectivity index (χ4n) is 3.51. The molecule has 0 saturated carbocycles. The van der Waals surface area contributed by atoms with E-state index in [0.717, 1.165) is 34.9 Å². The Morgan fingerprint density at radius 1 is 0.886 bits per heavy atom. The zero-order valence-corrected chi connectivity index (χ0v) is 20.5. The number of hydrogen-bond donors (Lipinski definition) is 0. The fraction of sp³-hybridized carbons (Fsp3) is 0.148. The normalized spacial score (nSPS) is 14.0. The fourth-order valence-corrected chi connectivity index (χ4v) is 3.51. The van der Waals surface area contributed by atoms with E-state index in [1.165, 1.54) is 11.3 Å². The van der Waals surface area contributed by atoms with Crippen molar-refractivity contribution < 1.29 is 38.2 Å². The SMILES string of the molecule is CC[n+]1ccccc1C=C1C=C(C=Cc2ccc(N(C)C)cc2)c2ccccc2O1.[O-][Cl+3]([O-])([O-])[O-]. The zero-order chi connectivity index (χ0) is 25.4. The van der Waals surface area contributed by atoms with Gasteiger partial charge in [0.25, 0.3) is 0 Å². The second-order valence-electron chi connectivity index (χ2n) is 7.85. The van der Waals surface area contributed by atoms with Crippen LogP contribution >= 0.6 is 0 Å². The Morgan fingerprint density at radius 2 is 1.54 bits per heavy atom. The lowest BCUT2D eigenvalue weighted by Crippen LogP contribution is -2.68. The Hall–Kier alpha value is -3.46. The number of anilines is 1. The van der Waals surface area contributed by atoms with Crippen molar-refractivity contribution in [3.8, 4) is 5.75 Å². The third-order valence-corrected chi connectivity index (χ3v) is 5.20. The largest absolute Gasteiger partial charge is 0.456 e. The van der Waals surface area contributed by atoms with E-state index < -0.39 is 10.2 Å². The molecule has 0 N–H and O–H groups in total. The molecule has 0 spiro atoms. The first-order valence-corrected chi connectivity index (χ1v) is 12.1. The molecular formula is C27H27ClN2O5. The summed E-state index contributed by atoms with van der Waals surface area (Å²) >= 11 is 0. The van der Waals surface area contributed by atoms with E-state index in [0.29, 0.717) is 0 Å². The molecule has 4 rings (SSSR count). The van der Waals surface area contributed by atoms with Gasteiger partial charge in [0, 0.05) is 37.5 Å². The first kappa shape index (κ1) is 26.2. The van der Waals surface area contributed by atoms with Crippen molar-refractivity contribution in [1.82, 2.24) is 0 Å². The van der Waals surface area contributed by atoms with Crippen LogP contribution in [0.3, 0.4) is 0 Å². The molecule has 0 bridgehead atoms. The molecule has 3 aromatic rings. The van der Waals surface area contributed by atoms with Crippen molar-refractivity contribution in [3.63, 3.8) is 0 Å². The maximum Gasteiger partial charge on any atom is 0.208 e. The molecule has 0 fully saturated rings. The van der Waals surface area contributed by atoms with Crippen LogP contribution in [0, 0.1) is 10.2 Å². The number of fused-ring (bicyclic) bond motifs is 1. The molecule has 7 nitrogen and oxygen atoms in total. The quantitative estimate of drug-likeness (QED) is 0.486. The molecule has 0 radical (unpaired) electrons. The number of pyridine rings is 1. The van der Waals surface area contributed by atoms with Crippen LogP contribution < -0.4 is 32.8 Å². The lowest BCUT2D eigenvalue weighted by Gasteiger charge is -2.18. The van der Waals surface area contributed by atoms with Crippen LogP contribution in [-0.4, -0.2) is 14.1 Å². The minimum Gasteiger partial charge on any atom is -0.456 e. The number of ether oxygens (including phenoxy) is 1. The van der Waals surface area contributed by atoms with Crippen molar-refractivity contribution in [2.24, 2.45) is 0 Å². The molecular weight excluding hydrogens is 468 g/mol. The number of allylic oxidation sites excluding steroid dienone is 3. The molecule has 182 valence electrons. The van der Waals surface area contributed by atoms with Gasteiger partial charge in [0.05, 0.1) is 6.08 Å². The number of para-hydroxylation sites is 1. The number of rotatable bonds is 5. The first-order chi connectivity index (χ1) is 16.6. The zero-order valence-electron chi connectivity index (χ0n) is 19.8. The van der Waals surface area contributed by atoms with E-state index in [1.807, 2.05) is 24.3 Å². The molecule has 1 aliphatic heterocycles. The topological polar surface area (TPSA) is 109 Å². The lowest BCUT2D eigenvalue weighted by molar-refractivity contribution is -2.00. The summed E-state index contributed by atoms with van der Waals surface area (Å²) in [5.74, 6) is 1.72. The number of nitrogens with zero attached hydrogens (tertiary/aromatic N) is 2.